The van der Waals surface area contributed by atoms with Gasteiger partial charge in [-0.1, -0.05) is 48.1 Å². The average Bonchev–Trinajstić information content (AvgIpc) is 2.99. The lowest BCUT2D eigenvalue weighted by molar-refractivity contribution is 0.395. The van der Waals surface area contributed by atoms with Crippen molar-refractivity contribution in [1.82, 2.24) is 19.8 Å². The summed E-state index contributed by atoms with van der Waals surface area (Å²) in [5, 5.41) is 14.0. The fraction of sp³-hybridized carbons (Fsp3) is 0.357. The summed E-state index contributed by atoms with van der Waals surface area (Å²) in [4.78, 5) is 0.841. The molecule has 1 unspecified atom stereocenters. The molecule has 0 saturated heterocycles. The van der Waals surface area contributed by atoms with Crippen LogP contribution in [0.1, 0.15) is 47.6 Å². The highest BCUT2D eigenvalue weighted by Crippen LogP contribution is 2.36. The Morgan fingerprint density at radius 3 is 2.70 bits per heavy atom. The summed E-state index contributed by atoms with van der Waals surface area (Å²) in [6.07, 6.45) is 3.66. The highest BCUT2D eigenvalue weighted by molar-refractivity contribution is 7.16. The predicted molar refractivity (Wildman–Crippen MR) is 77.7 cm³/mol. The molecule has 102 valence electrons. The Morgan fingerprint density at radius 2 is 2.00 bits per heavy atom. The zero-order valence-corrected chi connectivity index (χ0v) is 11.8. The standard InChI is InChI=1S/C14H15N5S/c15-11(9-5-2-1-3-6-9)13-18-19-12(10-7-4-8-10)16-17-14(19)20-13/h1-3,5-6,10-11H,4,7-8,15H2. The second-order valence-electron chi connectivity index (χ2n) is 5.21. The number of hydrogen-bond donors (Lipinski definition) is 1. The minimum atomic E-state index is -0.197. The predicted octanol–water partition coefficient (Wildman–Crippen LogP) is 2.50. The van der Waals surface area contributed by atoms with E-state index in [-0.39, 0.29) is 6.04 Å². The van der Waals surface area contributed by atoms with Crippen molar-refractivity contribution in [2.24, 2.45) is 5.73 Å². The molecule has 0 aliphatic heterocycles. The molecule has 0 spiro atoms. The van der Waals surface area contributed by atoms with Gasteiger partial charge >= 0.3 is 0 Å². The summed E-state index contributed by atoms with van der Waals surface area (Å²) in [5.74, 6) is 1.52. The molecule has 1 saturated carbocycles. The van der Waals surface area contributed by atoms with Crippen LogP contribution in [-0.2, 0) is 0 Å². The van der Waals surface area contributed by atoms with Crippen molar-refractivity contribution in [3.63, 3.8) is 0 Å². The van der Waals surface area contributed by atoms with Crippen molar-refractivity contribution in [3.05, 3.63) is 46.7 Å². The molecule has 6 heteroatoms. The van der Waals surface area contributed by atoms with Crippen LogP contribution in [0.15, 0.2) is 30.3 Å². The van der Waals surface area contributed by atoms with Crippen molar-refractivity contribution in [2.75, 3.05) is 0 Å². The molecule has 5 nitrogen and oxygen atoms in total. The van der Waals surface area contributed by atoms with Gasteiger partial charge in [0, 0.05) is 5.92 Å². The smallest absolute Gasteiger partial charge is 0.234 e. The second-order valence-corrected chi connectivity index (χ2v) is 6.20. The molecule has 2 heterocycles. The molecular weight excluding hydrogens is 270 g/mol. The molecule has 3 aromatic rings. The van der Waals surface area contributed by atoms with Gasteiger partial charge in [-0.15, -0.1) is 10.2 Å². The van der Waals surface area contributed by atoms with Gasteiger partial charge in [0.1, 0.15) is 5.01 Å². The molecule has 2 N–H and O–H groups in total. The molecule has 2 aromatic heterocycles. The Bertz CT molecular complexity index is 728. The first-order chi connectivity index (χ1) is 9.83. The Morgan fingerprint density at radius 1 is 1.20 bits per heavy atom. The van der Waals surface area contributed by atoms with E-state index in [2.05, 4.69) is 15.3 Å². The van der Waals surface area contributed by atoms with E-state index in [1.54, 1.807) is 0 Å². The number of nitrogens with two attached hydrogens (primary N) is 1. The number of benzene rings is 1. The van der Waals surface area contributed by atoms with Gasteiger partial charge in [0.15, 0.2) is 5.82 Å². The summed E-state index contributed by atoms with van der Waals surface area (Å²) >= 11 is 1.53. The van der Waals surface area contributed by atoms with Crippen LogP contribution >= 0.6 is 11.3 Å². The van der Waals surface area contributed by atoms with Crippen molar-refractivity contribution in [3.8, 4) is 0 Å². The zero-order chi connectivity index (χ0) is 13.5. The van der Waals surface area contributed by atoms with Crippen LogP contribution < -0.4 is 5.73 Å². The number of hydrogen-bond acceptors (Lipinski definition) is 5. The molecular formula is C14H15N5S. The Hall–Kier alpha value is -1.79. The van der Waals surface area contributed by atoms with Crippen LogP contribution in [0, 0.1) is 0 Å². The SMILES string of the molecule is NC(c1ccccc1)c1nn2c(C3CCC3)nnc2s1. The van der Waals surface area contributed by atoms with Crippen molar-refractivity contribution in [2.45, 2.75) is 31.2 Å². The normalized spacial score (nSPS) is 17.2. The molecule has 0 radical (unpaired) electrons. The minimum absolute atomic E-state index is 0.197. The van der Waals surface area contributed by atoms with Gasteiger partial charge in [0.25, 0.3) is 0 Å². The minimum Gasteiger partial charge on any atom is -0.318 e. The fourth-order valence-corrected chi connectivity index (χ4v) is 3.37. The number of nitrogens with zero attached hydrogens (tertiary/aromatic N) is 4. The lowest BCUT2D eigenvalue weighted by atomic mass is 9.85. The van der Waals surface area contributed by atoms with Gasteiger partial charge in [-0.2, -0.15) is 9.61 Å². The maximum atomic E-state index is 6.30. The van der Waals surface area contributed by atoms with E-state index < -0.39 is 0 Å². The van der Waals surface area contributed by atoms with E-state index in [9.17, 15) is 0 Å². The zero-order valence-electron chi connectivity index (χ0n) is 10.9. The van der Waals surface area contributed by atoms with Gasteiger partial charge in [-0.05, 0) is 18.4 Å². The second kappa shape index (κ2) is 4.64. The molecule has 1 fully saturated rings. The monoisotopic (exact) mass is 285 g/mol. The third kappa shape index (κ3) is 1.83. The molecule has 4 rings (SSSR count). The highest BCUT2D eigenvalue weighted by Gasteiger charge is 2.27. The van der Waals surface area contributed by atoms with E-state index in [4.69, 9.17) is 5.73 Å². The maximum absolute atomic E-state index is 6.30. The lowest BCUT2D eigenvalue weighted by Gasteiger charge is -2.22. The van der Waals surface area contributed by atoms with E-state index in [0.29, 0.717) is 5.92 Å². The molecule has 1 aromatic carbocycles. The third-order valence-electron chi connectivity index (χ3n) is 3.93. The van der Waals surface area contributed by atoms with E-state index in [0.717, 1.165) is 21.4 Å². The van der Waals surface area contributed by atoms with Gasteiger partial charge in [0.05, 0.1) is 6.04 Å². The fourth-order valence-electron chi connectivity index (χ4n) is 2.50. The van der Waals surface area contributed by atoms with Crippen molar-refractivity contribution < 1.29 is 0 Å². The van der Waals surface area contributed by atoms with Gasteiger partial charge in [-0.3, -0.25) is 0 Å². The van der Waals surface area contributed by atoms with Crippen LogP contribution in [0.2, 0.25) is 0 Å². The van der Waals surface area contributed by atoms with E-state index >= 15 is 0 Å². The Kier molecular flexibility index (Phi) is 2.78. The topological polar surface area (TPSA) is 69.1 Å². The summed E-state index contributed by atoms with van der Waals surface area (Å²) in [7, 11) is 0. The highest BCUT2D eigenvalue weighted by atomic mass is 32.1. The Labute approximate surface area is 120 Å². The van der Waals surface area contributed by atoms with Crippen LogP contribution in [-0.4, -0.2) is 19.8 Å². The van der Waals surface area contributed by atoms with Crippen LogP contribution in [0.4, 0.5) is 0 Å². The number of rotatable bonds is 3. The molecule has 0 bridgehead atoms. The number of aromatic nitrogens is 4. The van der Waals surface area contributed by atoms with Gasteiger partial charge < -0.3 is 5.73 Å². The summed E-state index contributed by atoms with van der Waals surface area (Å²) in [5.41, 5.74) is 7.37. The van der Waals surface area contributed by atoms with Crippen molar-refractivity contribution >= 4 is 16.3 Å². The van der Waals surface area contributed by atoms with Gasteiger partial charge in [-0.25, -0.2) is 0 Å². The molecule has 0 amide bonds. The molecule has 1 aliphatic carbocycles. The lowest BCUT2D eigenvalue weighted by Crippen LogP contribution is -2.15. The van der Waals surface area contributed by atoms with Crippen LogP contribution in [0.3, 0.4) is 0 Å². The maximum Gasteiger partial charge on any atom is 0.234 e. The first-order valence-corrected chi connectivity index (χ1v) is 7.67. The summed E-state index contributed by atoms with van der Waals surface area (Å²) in [6, 6.07) is 9.84. The first-order valence-electron chi connectivity index (χ1n) is 6.85. The number of fused-ring (bicyclic) bond motifs is 1. The van der Waals surface area contributed by atoms with Crippen molar-refractivity contribution in [1.29, 1.82) is 0 Å². The Balaban J connectivity index is 1.72. The van der Waals surface area contributed by atoms with Crippen LogP contribution in [0.5, 0.6) is 0 Å². The third-order valence-corrected chi connectivity index (χ3v) is 4.91. The molecule has 20 heavy (non-hydrogen) atoms. The largest absolute Gasteiger partial charge is 0.318 e. The first kappa shape index (κ1) is 12.0. The van der Waals surface area contributed by atoms with E-state index in [1.165, 1.54) is 30.6 Å². The average molecular weight is 285 g/mol. The molecule has 1 atom stereocenters. The summed E-state index contributed by atoms with van der Waals surface area (Å²) < 4.78 is 1.88. The van der Waals surface area contributed by atoms with E-state index in [1.807, 2.05) is 34.8 Å². The van der Waals surface area contributed by atoms with Crippen LogP contribution in [0.25, 0.3) is 4.96 Å². The molecule has 1 aliphatic rings. The quantitative estimate of drug-likeness (QED) is 0.802. The van der Waals surface area contributed by atoms with Gasteiger partial charge in [0.2, 0.25) is 4.96 Å². The summed E-state index contributed by atoms with van der Waals surface area (Å²) in [6.45, 7) is 0.